The molecule has 0 radical (unpaired) electrons. The van der Waals surface area contributed by atoms with Crippen molar-refractivity contribution in [2.45, 2.75) is 44.7 Å². The van der Waals surface area contributed by atoms with Crippen molar-refractivity contribution in [3.8, 4) is 0 Å². The maximum absolute atomic E-state index is 13.8. The third-order valence-corrected chi connectivity index (χ3v) is 7.79. The topological polar surface area (TPSA) is 86.8 Å². The lowest BCUT2D eigenvalue weighted by Crippen LogP contribution is -2.51. The zero-order chi connectivity index (χ0) is 26.3. The van der Waals surface area contributed by atoms with Crippen LogP contribution in [0.5, 0.6) is 0 Å². The molecule has 0 bridgehead atoms. The quantitative estimate of drug-likeness (QED) is 0.449. The Hall–Kier alpha value is -3.65. The summed E-state index contributed by atoms with van der Waals surface area (Å²) < 4.78 is 28.5. The summed E-state index contributed by atoms with van der Waals surface area (Å²) in [6, 6.07) is 22.0. The van der Waals surface area contributed by atoms with E-state index in [0.717, 1.165) is 21.0 Å². The molecule has 0 saturated heterocycles. The molecule has 0 spiro atoms. The van der Waals surface area contributed by atoms with Gasteiger partial charge in [-0.2, -0.15) is 0 Å². The number of sulfonamides is 1. The lowest BCUT2D eigenvalue weighted by Gasteiger charge is -2.33. The molecule has 0 aliphatic carbocycles. The summed E-state index contributed by atoms with van der Waals surface area (Å²) in [6.45, 7) is 5.40. The van der Waals surface area contributed by atoms with Gasteiger partial charge in [0, 0.05) is 13.6 Å². The van der Waals surface area contributed by atoms with Crippen molar-refractivity contribution in [2.75, 3.05) is 17.9 Å². The molecule has 0 unspecified atom stereocenters. The predicted octanol–water partition coefficient (Wildman–Crippen LogP) is 4.05. The van der Waals surface area contributed by atoms with Crippen molar-refractivity contribution >= 4 is 27.5 Å². The highest BCUT2D eigenvalue weighted by Crippen LogP contribution is 2.25. The predicted molar refractivity (Wildman–Crippen MR) is 142 cm³/mol. The summed E-state index contributed by atoms with van der Waals surface area (Å²) in [6.07, 6.45) is 0.382. The standard InChI is InChI=1S/C28H33N3O4S/c1-5-26(28(33)29-4)30(19-23-16-14-21(2)15-17-23)27(32)20-31(24-11-9-10-22(3)18-24)36(34,35)25-12-7-6-8-13-25/h6-18,26H,5,19-20H2,1-4H3,(H,29,33)/t26-/m0/s1. The number of carbonyl (C=O) groups excluding carboxylic acids is 2. The molecule has 36 heavy (non-hydrogen) atoms. The molecule has 1 atom stereocenters. The number of aryl methyl sites for hydroxylation is 2. The number of rotatable bonds is 10. The maximum Gasteiger partial charge on any atom is 0.264 e. The summed E-state index contributed by atoms with van der Waals surface area (Å²) in [7, 11) is -2.52. The summed E-state index contributed by atoms with van der Waals surface area (Å²) in [5, 5.41) is 2.63. The van der Waals surface area contributed by atoms with Crippen molar-refractivity contribution in [1.82, 2.24) is 10.2 Å². The van der Waals surface area contributed by atoms with Gasteiger partial charge in [-0.1, -0.05) is 67.1 Å². The number of benzene rings is 3. The van der Waals surface area contributed by atoms with Gasteiger partial charge in [-0.3, -0.25) is 13.9 Å². The van der Waals surface area contributed by atoms with Gasteiger partial charge in [0.2, 0.25) is 11.8 Å². The first-order chi connectivity index (χ1) is 17.2. The second kappa shape index (κ2) is 11.9. The first-order valence-electron chi connectivity index (χ1n) is 11.9. The van der Waals surface area contributed by atoms with E-state index < -0.39 is 28.5 Å². The Morgan fingerprint density at radius 1 is 0.889 bits per heavy atom. The minimum Gasteiger partial charge on any atom is -0.357 e. The van der Waals surface area contributed by atoms with E-state index in [4.69, 9.17) is 0 Å². The third kappa shape index (κ3) is 6.31. The summed E-state index contributed by atoms with van der Waals surface area (Å²) in [5.41, 5.74) is 3.18. The Kier molecular flexibility index (Phi) is 8.88. The van der Waals surface area contributed by atoms with Gasteiger partial charge in [-0.15, -0.1) is 0 Å². The van der Waals surface area contributed by atoms with Gasteiger partial charge in [0.1, 0.15) is 12.6 Å². The van der Waals surface area contributed by atoms with Gasteiger partial charge in [0.15, 0.2) is 0 Å². The molecule has 3 aromatic rings. The van der Waals surface area contributed by atoms with Crippen LogP contribution in [0, 0.1) is 13.8 Å². The van der Waals surface area contributed by atoms with E-state index in [1.165, 1.54) is 24.1 Å². The molecule has 1 N–H and O–H groups in total. The van der Waals surface area contributed by atoms with Crippen molar-refractivity contribution in [3.63, 3.8) is 0 Å². The second-order valence-electron chi connectivity index (χ2n) is 8.71. The van der Waals surface area contributed by atoms with Crippen molar-refractivity contribution < 1.29 is 18.0 Å². The van der Waals surface area contributed by atoms with Gasteiger partial charge in [0.05, 0.1) is 10.6 Å². The number of likely N-dealkylation sites (N-methyl/N-ethyl adjacent to an activating group) is 1. The van der Waals surface area contributed by atoms with Gasteiger partial charge in [0.25, 0.3) is 10.0 Å². The first kappa shape index (κ1) is 26.9. The largest absolute Gasteiger partial charge is 0.357 e. The van der Waals surface area contributed by atoms with E-state index in [1.54, 1.807) is 36.4 Å². The van der Waals surface area contributed by atoms with Crippen LogP contribution in [0.25, 0.3) is 0 Å². The van der Waals surface area contributed by atoms with Crippen LogP contribution < -0.4 is 9.62 Å². The number of carbonyl (C=O) groups is 2. The SMILES string of the molecule is CC[C@@H](C(=O)NC)N(Cc1ccc(C)cc1)C(=O)CN(c1cccc(C)c1)S(=O)(=O)c1ccccc1. The highest BCUT2D eigenvalue weighted by atomic mass is 32.2. The lowest BCUT2D eigenvalue weighted by atomic mass is 10.1. The van der Waals surface area contributed by atoms with Crippen LogP contribution >= 0.6 is 0 Å². The fourth-order valence-electron chi connectivity index (χ4n) is 4.01. The molecule has 2 amide bonds. The molecule has 0 heterocycles. The Bertz CT molecular complexity index is 1290. The molecule has 7 nitrogen and oxygen atoms in total. The molecule has 8 heteroatoms. The Labute approximate surface area is 213 Å². The maximum atomic E-state index is 13.8. The number of nitrogens with one attached hydrogen (secondary N) is 1. The number of hydrogen-bond donors (Lipinski definition) is 1. The molecule has 3 rings (SSSR count). The average Bonchev–Trinajstić information content (AvgIpc) is 2.88. The number of hydrogen-bond acceptors (Lipinski definition) is 4. The van der Waals surface area contributed by atoms with E-state index in [1.807, 2.05) is 51.1 Å². The Morgan fingerprint density at radius 2 is 1.56 bits per heavy atom. The highest BCUT2D eigenvalue weighted by Gasteiger charge is 2.33. The van der Waals surface area contributed by atoms with E-state index in [0.29, 0.717) is 12.1 Å². The Balaban J connectivity index is 2.04. The van der Waals surface area contributed by atoms with Gasteiger partial charge < -0.3 is 10.2 Å². The normalized spacial score (nSPS) is 12.0. The fourth-order valence-corrected chi connectivity index (χ4v) is 5.43. The summed E-state index contributed by atoms with van der Waals surface area (Å²) in [5.74, 6) is -0.766. The van der Waals surface area contributed by atoms with Crippen LogP contribution in [0.15, 0.2) is 83.8 Å². The van der Waals surface area contributed by atoms with Crippen LogP contribution in [0.4, 0.5) is 5.69 Å². The molecule has 0 aromatic heterocycles. The first-order valence-corrected chi connectivity index (χ1v) is 13.3. The molecule has 0 aliphatic heterocycles. The van der Waals surface area contributed by atoms with E-state index in [-0.39, 0.29) is 17.3 Å². The lowest BCUT2D eigenvalue weighted by molar-refractivity contribution is -0.140. The number of nitrogens with zero attached hydrogens (tertiary/aromatic N) is 2. The minimum absolute atomic E-state index is 0.0859. The van der Waals surface area contributed by atoms with E-state index in [2.05, 4.69) is 5.32 Å². The smallest absolute Gasteiger partial charge is 0.264 e. The monoisotopic (exact) mass is 507 g/mol. The van der Waals surface area contributed by atoms with Crippen LogP contribution in [-0.2, 0) is 26.2 Å². The third-order valence-electron chi connectivity index (χ3n) is 6.01. The fraction of sp³-hybridized carbons (Fsp3) is 0.286. The van der Waals surface area contributed by atoms with Crippen molar-refractivity contribution in [1.29, 1.82) is 0 Å². The molecular weight excluding hydrogens is 474 g/mol. The second-order valence-corrected chi connectivity index (χ2v) is 10.6. The van der Waals surface area contributed by atoms with Crippen molar-refractivity contribution in [3.05, 3.63) is 95.6 Å². The van der Waals surface area contributed by atoms with E-state index >= 15 is 0 Å². The van der Waals surface area contributed by atoms with Crippen LogP contribution in [0.1, 0.15) is 30.0 Å². The molecule has 0 saturated carbocycles. The molecule has 190 valence electrons. The highest BCUT2D eigenvalue weighted by molar-refractivity contribution is 7.92. The zero-order valence-corrected chi connectivity index (χ0v) is 22.0. The van der Waals surface area contributed by atoms with Gasteiger partial charge >= 0.3 is 0 Å². The summed E-state index contributed by atoms with van der Waals surface area (Å²) >= 11 is 0. The number of anilines is 1. The minimum atomic E-state index is -4.05. The van der Waals surface area contributed by atoms with Crippen LogP contribution in [-0.4, -0.2) is 44.8 Å². The summed E-state index contributed by atoms with van der Waals surface area (Å²) in [4.78, 5) is 28.1. The average molecular weight is 508 g/mol. The molecule has 0 fully saturated rings. The molecular formula is C28H33N3O4S. The van der Waals surface area contributed by atoms with Crippen molar-refractivity contribution in [2.24, 2.45) is 0 Å². The van der Waals surface area contributed by atoms with E-state index in [9.17, 15) is 18.0 Å². The van der Waals surface area contributed by atoms with Crippen LogP contribution in [0.2, 0.25) is 0 Å². The number of amides is 2. The molecule has 0 aliphatic rings. The Morgan fingerprint density at radius 3 is 2.14 bits per heavy atom. The molecule has 3 aromatic carbocycles. The van der Waals surface area contributed by atoms with Crippen LogP contribution in [0.3, 0.4) is 0 Å². The zero-order valence-electron chi connectivity index (χ0n) is 21.1. The van der Waals surface area contributed by atoms with Gasteiger partial charge in [-0.05, 0) is 55.7 Å². The van der Waals surface area contributed by atoms with Gasteiger partial charge in [-0.25, -0.2) is 8.42 Å².